The molecule has 0 unspecified atom stereocenters. The number of hydrogen-bond acceptors (Lipinski definition) is 2. The zero-order valence-electron chi connectivity index (χ0n) is 31.2. The molecule has 0 atom stereocenters. The maximum absolute atomic E-state index is 2.40. The van der Waals surface area contributed by atoms with Crippen molar-refractivity contribution in [3.63, 3.8) is 0 Å². The number of hydrogen-bond donors (Lipinski definition) is 0. The van der Waals surface area contributed by atoms with E-state index in [2.05, 4.69) is 181 Å². The molecule has 2 nitrogen and oxygen atoms in total. The average molecular weight is 683 g/mol. The Morgan fingerprint density at radius 2 is 0.769 bits per heavy atom. The first-order chi connectivity index (χ1) is 25.7. The quantitative estimate of drug-likeness (QED) is 0.0995. The first-order valence-corrected chi connectivity index (χ1v) is 19.8. The Balaban J connectivity index is 1.17. The first kappa shape index (κ1) is 35.3. The smallest absolute Gasteiger partial charge is 0.0461 e. The summed E-state index contributed by atoms with van der Waals surface area (Å²) in [5.41, 5.74) is 12.8. The van der Waals surface area contributed by atoms with Gasteiger partial charge in [-0.3, -0.25) is 0 Å². The first-order valence-electron chi connectivity index (χ1n) is 19.8. The van der Waals surface area contributed by atoms with E-state index in [1.807, 2.05) is 0 Å². The van der Waals surface area contributed by atoms with E-state index >= 15 is 0 Å². The minimum Gasteiger partial charge on any atom is -0.311 e. The molecule has 0 aliphatic heterocycles. The summed E-state index contributed by atoms with van der Waals surface area (Å²) < 4.78 is 0. The van der Waals surface area contributed by atoms with Gasteiger partial charge in [-0.05, 0) is 127 Å². The van der Waals surface area contributed by atoms with Crippen LogP contribution in [0.5, 0.6) is 0 Å². The number of rotatable bonds is 15. The average Bonchev–Trinajstić information content (AvgIpc) is 3.71. The summed E-state index contributed by atoms with van der Waals surface area (Å²) in [6.07, 6.45) is 13.5. The Labute approximate surface area is 312 Å². The van der Waals surface area contributed by atoms with Crippen molar-refractivity contribution in [1.82, 2.24) is 0 Å². The van der Waals surface area contributed by atoms with Crippen LogP contribution in [0.2, 0.25) is 0 Å². The Morgan fingerprint density at radius 3 is 1.17 bits per heavy atom. The van der Waals surface area contributed by atoms with Gasteiger partial charge in [-0.2, -0.15) is 0 Å². The van der Waals surface area contributed by atoms with Gasteiger partial charge in [-0.25, -0.2) is 0 Å². The van der Waals surface area contributed by atoms with Crippen molar-refractivity contribution >= 4 is 34.1 Å². The van der Waals surface area contributed by atoms with Crippen LogP contribution in [0.25, 0.3) is 0 Å². The summed E-state index contributed by atoms with van der Waals surface area (Å²) in [5, 5.41) is 0. The molecule has 2 heteroatoms. The number of anilines is 6. The van der Waals surface area contributed by atoms with Crippen LogP contribution in [0.3, 0.4) is 0 Å². The SMILES string of the molecule is CCCCCCc1ccc(N(c2ccccc2)c2ccc(C3(c4ccc(N(c5ccccc5)c5ccc(CCC)cc5)cc4)CCCC3)cc2)cc1. The molecule has 0 bridgehead atoms. The van der Waals surface area contributed by atoms with E-state index in [9.17, 15) is 0 Å². The highest BCUT2D eigenvalue weighted by molar-refractivity contribution is 5.78. The topological polar surface area (TPSA) is 6.48 Å². The largest absolute Gasteiger partial charge is 0.311 e. The standard InChI is InChI=1S/C50H54N2/c1-3-5-6-9-17-41-24-32-47(33-25-41)52(45-20-12-8-13-21-45)49-36-28-43(29-37-49)50(38-14-15-39-50)42-26-34-48(35-27-42)51(44-18-10-7-11-19-44)46-30-22-40(16-4-2)23-31-46/h7-8,10-13,18-37H,3-6,9,14-17,38-39H2,1-2H3. The van der Waals surface area contributed by atoms with Gasteiger partial charge >= 0.3 is 0 Å². The second-order valence-corrected chi connectivity index (χ2v) is 14.6. The molecule has 52 heavy (non-hydrogen) atoms. The lowest BCUT2D eigenvalue weighted by Gasteiger charge is -2.33. The molecule has 1 fully saturated rings. The molecule has 0 radical (unpaired) electrons. The third-order valence-corrected chi connectivity index (χ3v) is 11.1. The van der Waals surface area contributed by atoms with E-state index in [4.69, 9.17) is 0 Å². The lowest BCUT2D eigenvalue weighted by molar-refractivity contribution is 0.535. The Hall–Kier alpha value is -5.08. The molecule has 6 aromatic rings. The second-order valence-electron chi connectivity index (χ2n) is 14.6. The number of nitrogens with zero attached hydrogens (tertiary/aromatic N) is 2. The second kappa shape index (κ2) is 17.0. The van der Waals surface area contributed by atoms with Gasteiger partial charge in [0, 0.05) is 39.5 Å². The van der Waals surface area contributed by atoms with Crippen LogP contribution in [0.1, 0.15) is 93.9 Å². The van der Waals surface area contributed by atoms with Gasteiger partial charge in [0.2, 0.25) is 0 Å². The van der Waals surface area contributed by atoms with Gasteiger partial charge in [0.15, 0.2) is 0 Å². The Kier molecular flexibility index (Phi) is 11.5. The molecule has 1 aliphatic carbocycles. The van der Waals surface area contributed by atoms with Gasteiger partial charge < -0.3 is 9.80 Å². The highest BCUT2D eigenvalue weighted by Gasteiger charge is 2.37. The van der Waals surface area contributed by atoms with Crippen LogP contribution < -0.4 is 9.80 Å². The maximum atomic E-state index is 2.40. The molecule has 0 saturated heterocycles. The van der Waals surface area contributed by atoms with E-state index in [0.717, 1.165) is 19.3 Å². The fourth-order valence-corrected chi connectivity index (χ4v) is 8.30. The summed E-state index contributed by atoms with van der Waals surface area (Å²) in [6.45, 7) is 4.52. The summed E-state index contributed by atoms with van der Waals surface area (Å²) in [7, 11) is 0. The van der Waals surface area contributed by atoms with Crippen LogP contribution in [-0.2, 0) is 18.3 Å². The monoisotopic (exact) mass is 682 g/mol. The zero-order valence-corrected chi connectivity index (χ0v) is 31.2. The van der Waals surface area contributed by atoms with Crippen molar-refractivity contribution in [2.75, 3.05) is 9.80 Å². The summed E-state index contributed by atoms with van der Waals surface area (Å²) in [4.78, 5) is 4.78. The predicted octanol–water partition coefficient (Wildman–Crippen LogP) is 14.6. The molecule has 0 spiro atoms. The lowest BCUT2D eigenvalue weighted by Crippen LogP contribution is -2.24. The molecule has 1 saturated carbocycles. The van der Waals surface area contributed by atoms with Crippen LogP contribution in [-0.4, -0.2) is 0 Å². The van der Waals surface area contributed by atoms with Gasteiger partial charge in [0.25, 0.3) is 0 Å². The van der Waals surface area contributed by atoms with Crippen LogP contribution in [0.15, 0.2) is 158 Å². The van der Waals surface area contributed by atoms with E-state index < -0.39 is 0 Å². The van der Waals surface area contributed by atoms with Crippen LogP contribution in [0.4, 0.5) is 34.1 Å². The molecule has 0 N–H and O–H groups in total. The summed E-state index contributed by atoms with van der Waals surface area (Å²) >= 11 is 0. The minimum atomic E-state index is 0.0213. The third-order valence-electron chi connectivity index (χ3n) is 11.1. The number of para-hydroxylation sites is 2. The fraction of sp³-hybridized carbons (Fsp3) is 0.280. The lowest BCUT2D eigenvalue weighted by atomic mass is 9.73. The van der Waals surface area contributed by atoms with E-state index in [1.165, 1.54) is 108 Å². The molecule has 1 aliphatic rings. The van der Waals surface area contributed by atoms with E-state index in [-0.39, 0.29) is 5.41 Å². The summed E-state index contributed by atoms with van der Waals surface area (Å²) in [6, 6.07) is 58.9. The third kappa shape index (κ3) is 7.87. The molecule has 7 rings (SSSR count). The van der Waals surface area contributed by atoms with Gasteiger partial charge in [-0.15, -0.1) is 0 Å². The van der Waals surface area contributed by atoms with Crippen molar-refractivity contribution in [2.24, 2.45) is 0 Å². The predicted molar refractivity (Wildman–Crippen MR) is 223 cm³/mol. The molecule has 0 aromatic heterocycles. The van der Waals surface area contributed by atoms with Gasteiger partial charge in [0.05, 0.1) is 0 Å². The van der Waals surface area contributed by atoms with Crippen molar-refractivity contribution in [1.29, 1.82) is 0 Å². The van der Waals surface area contributed by atoms with E-state index in [0.29, 0.717) is 0 Å². The number of aryl methyl sites for hydroxylation is 2. The minimum absolute atomic E-state index is 0.0213. The molecular formula is C50H54N2. The molecule has 6 aromatic carbocycles. The maximum Gasteiger partial charge on any atom is 0.0461 e. The number of benzene rings is 6. The molecule has 0 amide bonds. The normalized spacial score (nSPS) is 13.6. The highest BCUT2D eigenvalue weighted by Crippen LogP contribution is 2.48. The number of unbranched alkanes of at least 4 members (excludes halogenated alkanes) is 3. The van der Waals surface area contributed by atoms with Crippen LogP contribution >= 0.6 is 0 Å². The van der Waals surface area contributed by atoms with Crippen molar-refractivity contribution in [2.45, 2.75) is 89.9 Å². The van der Waals surface area contributed by atoms with Crippen molar-refractivity contribution in [3.05, 3.63) is 180 Å². The van der Waals surface area contributed by atoms with Crippen LogP contribution in [0, 0.1) is 0 Å². The molecular weight excluding hydrogens is 629 g/mol. The Bertz CT molecular complexity index is 1940. The fourth-order valence-electron chi connectivity index (χ4n) is 8.30. The summed E-state index contributed by atoms with van der Waals surface area (Å²) in [5.74, 6) is 0. The van der Waals surface area contributed by atoms with Gasteiger partial charge in [0.1, 0.15) is 0 Å². The zero-order chi connectivity index (χ0) is 35.6. The highest BCUT2D eigenvalue weighted by atomic mass is 15.1. The Morgan fingerprint density at radius 1 is 0.385 bits per heavy atom. The van der Waals surface area contributed by atoms with E-state index in [1.54, 1.807) is 0 Å². The molecule has 0 heterocycles. The van der Waals surface area contributed by atoms with Crippen molar-refractivity contribution in [3.8, 4) is 0 Å². The molecule has 264 valence electrons. The van der Waals surface area contributed by atoms with Gasteiger partial charge in [-0.1, -0.05) is 137 Å². The van der Waals surface area contributed by atoms with Crippen molar-refractivity contribution < 1.29 is 0 Å².